The number of carbonyl (C=O) groups excluding carboxylic acids is 2. The van der Waals surface area contributed by atoms with Crippen molar-refractivity contribution in [3.63, 3.8) is 0 Å². The molecule has 6 heteroatoms. The lowest BCUT2D eigenvalue weighted by Gasteiger charge is -2.40. The van der Waals surface area contributed by atoms with Crippen LogP contribution in [0.5, 0.6) is 0 Å². The van der Waals surface area contributed by atoms with Gasteiger partial charge in [0.15, 0.2) is 0 Å². The van der Waals surface area contributed by atoms with Crippen molar-refractivity contribution >= 4 is 11.8 Å². The first-order valence-electron chi connectivity index (χ1n) is 14.8. The predicted molar refractivity (Wildman–Crippen MR) is 156 cm³/mol. The molecular weight excluding hydrogens is 488 g/mol. The van der Waals surface area contributed by atoms with Crippen LogP contribution < -0.4 is 10.6 Å². The summed E-state index contributed by atoms with van der Waals surface area (Å²) in [7, 11) is 0. The maximum atomic E-state index is 14.1. The lowest BCUT2D eigenvalue weighted by molar-refractivity contribution is -0.147. The van der Waals surface area contributed by atoms with E-state index >= 15 is 0 Å². The SMILES string of the molecule is CCC(O)(CC)[C@@H](Cc1ccccc1)NC(=O)C1(C(=O)N[C@H](Cc2ccccc2)C(O)(CC)CC)CCCC1. The van der Waals surface area contributed by atoms with E-state index in [2.05, 4.69) is 10.6 Å². The first kappa shape index (κ1) is 30.8. The smallest absolute Gasteiger partial charge is 0.236 e. The van der Waals surface area contributed by atoms with Crippen LogP contribution in [-0.4, -0.2) is 45.3 Å². The zero-order chi connectivity index (χ0) is 28.5. The topological polar surface area (TPSA) is 98.7 Å². The third-order valence-electron chi connectivity index (χ3n) is 9.25. The monoisotopic (exact) mass is 536 g/mol. The van der Waals surface area contributed by atoms with E-state index in [0.29, 0.717) is 51.4 Å². The molecule has 2 aromatic carbocycles. The maximum absolute atomic E-state index is 14.1. The van der Waals surface area contributed by atoms with Crippen molar-refractivity contribution in [2.24, 2.45) is 5.41 Å². The number of amides is 2. The highest BCUT2D eigenvalue weighted by molar-refractivity contribution is 6.05. The summed E-state index contributed by atoms with van der Waals surface area (Å²) >= 11 is 0. The van der Waals surface area contributed by atoms with Crippen LogP contribution >= 0.6 is 0 Å². The Kier molecular flexibility index (Phi) is 10.7. The molecule has 6 nitrogen and oxygen atoms in total. The Morgan fingerprint density at radius 1 is 0.692 bits per heavy atom. The molecule has 0 aromatic heterocycles. The molecule has 1 aliphatic rings. The normalized spacial score (nSPS) is 16.9. The second-order valence-corrected chi connectivity index (χ2v) is 11.3. The van der Waals surface area contributed by atoms with E-state index in [-0.39, 0.29) is 11.8 Å². The van der Waals surface area contributed by atoms with Gasteiger partial charge >= 0.3 is 0 Å². The number of rotatable bonds is 14. The molecule has 0 bridgehead atoms. The Bertz CT molecular complexity index is 962. The third-order valence-corrected chi connectivity index (χ3v) is 9.25. The average Bonchev–Trinajstić information content (AvgIpc) is 3.48. The molecule has 2 atom stereocenters. The molecule has 2 aromatic rings. The Morgan fingerprint density at radius 3 is 1.33 bits per heavy atom. The molecule has 0 unspecified atom stereocenters. The van der Waals surface area contributed by atoms with E-state index in [0.717, 1.165) is 24.0 Å². The van der Waals surface area contributed by atoms with Gasteiger partial charge in [0.25, 0.3) is 0 Å². The molecule has 1 saturated carbocycles. The summed E-state index contributed by atoms with van der Waals surface area (Å²) in [6, 6.07) is 18.6. The molecule has 214 valence electrons. The second kappa shape index (κ2) is 13.6. The number of nitrogens with one attached hydrogen (secondary N) is 2. The summed E-state index contributed by atoms with van der Waals surface area (Å²) in [5.41, 5.74) is -1.38. The summed E-state index contributed by atoms with van der Waals surface area (Å²) in [6.07, 6.45) is 5.37. The number of hydrogen-bond acceptors (Lipinski definition) is 4. The molecule has 0 spiro atoms. The Hall–Kier alpha value is -2.70. The quantitative estimate of drug-likeness (QED) is 0.252. The number of carbonyl (C=O) groups is 2. The van der Waals surface area contributed by atoms with Crippen LogP contribution in [0, 0.1) is 5.41 Å². The number of benzene rings is 2. The summed E-state index contributed by atoms with van der Waals surface area (Å²) in [6.45, 7) is 7.71. The standard InChI is InChI=1S/C33H48N2O4/c1-5-32(38,6-2)27(23-25-17-11-9-12-18-25)34-29(36)31(21-15-16-22-31)30(37)35-28(33(39,7-3)8-4)24-26-19-13-10-14-20-26/h9-14,17-20,27-28,38-39H,5-8,15-16,21-24H2,1-4H3,(H,34,36)(H,35,37)/t27-,28-/m1/s1. The van der Waals surface area contributed by atoms with Crippen LogP contribution in [0.25, 0.3) is 0 Å². The van der Waals surface area contributed by atoms with Gasteiger partial charge in [0.2, 0.25) is 11.8 Å². The zero-order valence-corrected chi connectivity index (χ0v) is 24.2. The van der Waals surface area contributed by atoms with Crippen molar-refractivity contribution in [1.82, 2.24) is 10.6 Å². The first-order valence-corrected chi connectivity index (χ1v) is 14.8. The largest absolute Gasteiger partial charge is 0.388 e. The Morgan fingerprint density at radius 2 is 1.03 bits per heavy atom. The molecule has 4 N–H and O–H groups in total. The van der Waals surface area contributed by atoms with Gasteiger partial charge in [0.1, 0.15) is 5.41 Å². The van der Waals surface area contributed by atoms with Gasteiger partial charge in [-0.15, -0.1) is 0 Å². The van der Waals surface area contributed by atoms with E-state index in [9.17, 15) is 19.8 Å². The lowest BCUT2D eigenvalue weighted by Crippen LogP contribution is -2.61. The van der Waals surface area contributed by atoms with E-state index < -0.39 is 28.7 Å². The maximum Gasteiger partial charge on any atom is 0.236 e. The van der Waals surface area contributed by atoms with Gasteiger partial charge in [0.05, 0.1) is 23.3 Å². The Balaban J connectivity index is 1.89. The van der Waals surface area contributed by atoms with Crippen molar-refractivity contribution in [2.45, 2.75) is 115 Å². The molecule has 3 rings (SSSR count). The summed E-state index contributed by atoms with van der Waals surface area (Å²) < 4.78 is 0. The highest BCUT2D eigenvalue weighted by Gasteiger charge is 2.51. The molecular formula is C33H48N2O4. The van der Waals surface area contributed by atoms with Gasteiger partial charge in [-0.05, 0) is 62.5 Å². The van der Waals surface area contributed by atoms with Crippen molar-refractivity contribution in [3.05, 3.63) is 71.8 Å². The minimum absolute atomic E-state index is 0.325. The van der Waals surface area contributed by atoms with Crippen LogP contribution in [0.2, 0.25) is 0 Å². The highest BCUT2D eigenvalue weighted by atomic mass is 16.3. The molecule has 0 heterocycles. The van der Waals surface area contributed by atoms with E-state index in [1.54, 1.807) is 0 Å². The average molecular weight is 537 g/mol. The highest BCUT2D eigenvalue weighted by Crippen LogP contribution is 2.40. The van der Waals surface area contributed by atoms with Crippen LogP contribution in [0.3, 0.4) is 0 Å². The van der Waals surface area contributed by atoms with Gasteiger partial charge in [-0.25, -0.2) is 0 Å². The molecule has 39 heavy (non-hydrogen) atoms. The van der Waals surface area contributed by atoms with E-state index in [4.69, 9.17) is 0 Å². The number of aliphatic hydroxyl groups is 2. The molecule has 0 saturated heterocycles. The van der Waals surface area contributed by atoms with Gasteiger partial charge in [0, 0.05) is 0 Å². The molecule has 1 aliphatic carbocycles. The number of hydrogen-bond donors (Lipinski definition) is 4. The minimum atomic E-state index is -1.23. The minimum Gasteiger partial charge on any atom is -0.388 e. The second-order valence-electron chi connectivity index (χ2n) is 11.3. The summed E-state index contributed by atoms with van der Waals surface area (Å²) in [4.78, 5) is 28.1. The fourth-order valence-electron chi connectivity index (χ4n) is 6.06. The predicted octanol–water partition coefficient (Wildman–Crippen LogP) is 5.10. The van der Waals surface area contributed by atoms with Gasteiger partial charge in [-0.3, -0.25) is 9.59 Å². The van der Waals surface area contributed by atoms with Crippen molar-refractivity contribution in [3.8, 4) is 0 Å². The summed E-state index contributed by atoms with van der Waals surface area (Å²) in [5.74, 6) is -0.650. The van der Waals surface area contributed by atoms with Gasteiger partial charge in [-0.1, -0.05) is 101 Å². The van der Waals surface area contributed by atoms with Crippen LogP contribution in [0.15, 0.2) is 60.7 Å². The molecule has 0 aliphatic heterocycles. The zero-order valence-electron chi connectivity index (χ0n) is 24.2. The first-order chi connectivity index (χ1) is 18.7. The van der Waals surface area contributed by atoms with E-state index in [1.807, 2.05) is 88.4 Å². The molecule has 0 radical (unpaired) electrons. The summed E-state index contributed by atoms with van der Waals surface area (Å²) in [5, 5.41) is 29.3. The van der Waals surface area contributed by atoms with Crippen molar-refractivity contribution < 1.29 is 19.8 Å². The molecule has 2 amide bonds. The van der Waals surface area contributed by atoms with E-state index in [1.165, 1.54) is 0 Å². The van der Waals surface area contributed by atoms with Gasteiger partial charge in [-0.2, -0.15) is 0 Å². The Labute approximate surface area is 234 Å². The van der Waals surface area contributed by atoms with Crippen molar-refractivity contribution in [1.29, 1.82) is 0 Å². The molecule has 1 fully saturated rings. The van der Waals surface area contributed by atoms with Crippen LogP contribution in [-0.2, 0) is 22.4 Å². The fraction of sp³-hybridized carbons (Fsp3) is 0.576. The lowest BCUT2D eigenvalue weighted by atomic mass is 9.79. The van der Waals surface area contributed by atoms with Crippen molar-refractivity contribution in [2.75, 3.05) is 0 Å². The van der Waals surface area contributed by atoms with Crippen LogP contribution in [0.4, 0.5) is 0 Å². The van der Waals surface area contributed by atoms with Gasteiger partial charge < -0.3 is 20.8 Å². The fourth-order valence-corrected chi connectivity index (χ4v) is 6.06. The third kappa shape index (κ3) is 7.09. The van der Waals surface area contributed by atoms with Crippen LogP contribution in [0.1, 0.15) is 90.2 Å².